The Kier molecular flexibility index (Phi) is 9.01. The van der Waals surface area contributed by atoms with E-state index in [9.17, 15) is 32.7 Å². The molecule has 1 fully saturated rings. The lowest BCUT2D eigenvalue weighted by Gasteiger charge is -2.36. The molecule has 2 aliphatic rings. The van der Waals surface area contributed by atoms with Crippen molar-refractivity contribution in [1.29, 1.82) is 0 Å². The first-order valence-electron chi connectivity index (χ1n) is 16.3. The van der Waals surface area contributed by atoms with Crippen molar-refractivity contribution >= 4 is 56.0 Å². The first-order chi connectivity index (χ1) is 24.4. The summed E-state index contributed by atoms with van der Waals surface area (Å²) in [6, 6.07) is 4.82. The molecule has 0 radical (unpaired) electrons. The van der Waals surface area contributed by atoms with E-state index in [2.05, 4.69) is 20.4 Å². The van der Waals surface area contributed by atoms with Crippen LogP contribution in [0.1, 0.15) is 46.5 Å². The summed E-state index contributed by atoms with van der Waals surface area (Å²) in [6.07, 6.45) is -0.266. The van der Waals surface area contributed by atoms with Gasteiger partial charge in [-0.3, -0.25) is 14.4 Å². The molecule has 2 N–H and O–H groups in total. The van der Waals surface area contributed by atoms with Gasteiger partial charge < -0.3 is 29.5 Å². The summed E-state index contributed by atoms with van der Waals surface area (Å²) in [5.74, 6) is -0.669. The number of hydrogen-bond acceptors (Lipinski definition) is 10. The molecule has 0 spiro atoms. The first-order valence-corrected chi connectivity index (χ1v) is 17.2. The monoisotopic (exact) mass is 722 g/mol. The molecule has 7 rings (SSSR count). The highest BCUT2D eigenvalue weighted by Gasteiger charge is 2.32. The highest BCUT2D eigenvalue weighted by atomic mass is 32.1. The maximum atomic E-state index is 14.2. The number of nitrogens with zero attached hydrogens (tertiary/aromatic N) is 7. The number of fused-ring (bicyclic) bond motifs is 2. The number of hydrogen-bond donors (Lipinski definition) is 2. The Bertz CT molecular complexity index is 2270. The molecule has 0 aliphatic carbocycles. The third-order valence-corrected chi connectivity index (χ3v) is 9.96. The summed E-state index contributed by atoms with van der Waals surface area (Å²) in [6.45, 7) is 4.83. The zero-order valence-electron chi connectivity index (χ0n) is 27.7. The van der Waals surface area contributed by atoms with Crippen LogP contribution in [-0.4, -0.2) is 85.4 Å². The van der Waals surface area contributed by atoms with Crippen molar-refractivity contribution in [3.8, 4) is 5.75 Å². The van der Waals surface area contributed by atoms with Gasteiger partial charge in [0.05, 0.1) is 29.2 Å². The molecule has 17 heteroatoms. The Balaban J connectivity index is 1.21. The van der Waals surface area contributed by atoms with E-state index in [0.29, 0.717) is 48.6 Å². The van der Waals surface area contributed by atoms with Gasteiger partial charge in [0.2, 0.25) is 11.7 Å². The van der Waals surface area contributed by atoms with Crippen LogP contribution in [0, 0.1) is 6.92 Å². The van der Waals surface area contributed by atoms with Gasteiger partial charge in [-0.15, -0.1) is 16.4 Å². The molecular formula is C34H33F3N8O5S. The number of nitrogens with one attached hydrogen (secondary N) is 1. The molecule has 0 atom stereocenters. The van der Waals surface area contributed by atoms with Gasteiger partial charge in [0, 0.05) is 43.4 Å². The number of aryl methyl sites for hydroxylation is 1. The third-order valence-electron chi connectivity index (χ3n) is 9.11. The van der Waals surface area contributed by atoms with Crippen molar-refractivity contribution in [2.24, 2.45) is 0 Å². The molecular weight excluding hydrogens is 689 g/mol. The van der Waals surface area contributed by atoms with Crippen LogP contribution in [0.15, 0.2) is 46.7 Å². The molecule has 2 aliphatic heterocycles. The fourth-order valence-electron chi connectivity index (χ4n) is 6.48. The molecule has 51 heavy (non-hydrogen) atoms. The lowest BCUT2D eigenvalue weighted by molar-refractivity contribution is -0.137. The summed E-state index contributed by atoms with van der Waals surface area (Å²) < 4.78 is 48.7. The number of carbonyl (C=O) groups is 2. The number of piperazine rings is 1. The second-order valence-electron chi connectivity index (χ2n) is 12.3. The van der Waals surface area contributed by atoms with Crippen molar-refractivity contribution in [2.45, 2.75) is 39.4 Å². The molecule has 5 aromatic rings. The fraction of sp³-hybridized carbons (Fsp3) is 0.353. The van der Waals surface area contributed by atoms with E-state index < -0.39 is 29.1 Å². The standard InChI is InChI=1S/C34H33F3N8O5S/c1-3-24-28(42-9-11-43(12-10-42)31(48)27-29(47)22-8-15-51-25(22)17-38-27)32(49)45-33(40-30(41-45)20-6-13-50-14-7-20)44(24)18-26(46)39-23-5-4-21(16-19(23)2)34(35,36)37/h4-6,8,15-17,47H,3,7,9-14,18H2,1-2H3,(H,39,46). The quantitative estimate of drug-likeness (QED) is 0.248. The topological polar surface area (TPSA) is 147 Å². The highest BCUT2D eigenvalue weighted by molar-refractivity contribution is 7.17. The van der Waals surface area contributed by atoms with Crippen LogP contribution in [0.4, 0.5) is 24.5 Å². The van der Waals surface area contributed by atoms with Crippen LogP contribution < -0.4 is 15.8 Å². The molecule has 0 bridgehead atoms. The number of rotatable bonds is 7. The molecule has 266 valence electrons. The van der Waals surface area contributed by atoms with Crippen LogP contribution in [0.2, 0.25) is 0 Å². The third kappa shape index (κ3) is 6.42. The maximum absolute atomic E-state index is 14.2. The lowest BCUT2D eigenvalue weighted by atomic mass is 10.1. The van der Waals surface area contributed by atoms with Crippen LogP contribution >= 0.6 is 11.3 Å². The molecule has 1 aromatic carbocycles. The Hall–Kier alpha value is -5.29. The van der Waals surface area contributed by atoms with Gasteiger partial charge >= 0.3 is 6.18 Å². The maximum Gasteiger partial charge on any atom is 0.416 e. The van der Waals surface area contributed by atoms with E-state index in [0.717, 1.165) is 22.4 Å². The van der Waals surface area contributed by atoms with Crippen molar-refractivity contribution in [1.82, 2.24) is 29.0 Å². The zero-order valence-corrected chi connectivity index (χ0v) is 28.5. The van der Waals surface area contributed by atoms with E-state index >= 15 is 0 Å². The van der Waals surface area contributed by atoms with E-state index in [1.54, 1.807) is 21.7 Å². The van der Waals surface area contributed by atoms with Gasteiger partial charge in [-0.1, -0.05) is 13.0 Å². The number of carbonyl (C=O) groups excluding carboxylic acids is 2. The number of alkyl halides is 3. The Labute approximate surface area is 292 Å². The van der Waals surface area contributed by atoms with Gasteiger partial charge in [0.1, 0.15) is 12.2 Å². The van der Waals surface area contributed by atoms with Crippen LogP contribution in [0.3, 0.4) is 0 Å². The molecule has 0 saturated carbocycles. The minimum absolute atomic E-state index is 0.0424. The smallest absolute Gasteiger partial charge is 0.416 e. The number of amides is 2. The number of anilines is 2. The molecule has 13 nitrogen and oxygen atoms in total. The van der Waals surface area contributed by atoms with Crippen molar-refractivity contribution in [3.63, 3.8) is 0 Å². The van der Waals surface area contributed by atoms with Gasteiger partial charge in [-0.05, 0) is 60.5 Å². The Morgan fingerprint density at radius 1 is 1.14 bits per heavy atom. The minimum atomic E-state index is -4.53. The molecule has 6 heterocycles. The predicted octanol–water partition coefficient (Wildman–Crippen LogP) is 4.50. The van der Waals surface area contributed by atoms with Gasteiger partial charge in [-0.25, -0.2) is 4.98 Å². The number of aromatic hydroxyl groups is 1. The number of benzene rings is 1. The molecule has 0 unspecified atom stereocenters. The fourth-order valence-corrected chi connectivity index (χ4v) is 7.23. The van der Waals surface area contributed by atoms with Crippen molar-refractivity contribution < 1.29 is 32.6 Å². The van der Waals surface area contributed by atoms with Crippen LogP contribution in [-0.2, 0) is 28.7 Å². The van der Waals surface area contributed by atoms with Gasteiger partial charge in [-0.2, -0.15) is 22.7 Å². The SMILES string of the molecule is CCc1c(N2CCN(C(=O)c3ncc4sccc4c3O)CC2)c(=O)n2nc(C3=CCOCC3)nc2n1CC(=O)Nc1ccc(C(F)(F)F)cc1C. The minimum Gasteiger partial charge on any atom is -0.505 e. The van der Waals surface area contributed by atoms with E-state index in [4.69, 9.17) is 4.74 Å². The number of aromatic nitrogens is 5. The average molecular weight is 723 g/mol. The summed E-state index contributed by atoms with van der Waals surface area (Å²) in [5.41, 5.74) is 0.756. The Morgan fingerprint density at radius 3 is 2.61 bits per heavy atom. The van der Waals surface area contributed by atoms with E-state index in [1.165, 1.54) is 28.8 Å². The summed E-state index contributed by atoms with van der Waals surface area (Å²) in [5, 5.41) is 20.4. The summed E-state index contributed by atoms with van der Waals surface area (Å²) in [7, 11) is 0. The van der Waals surface area contributed by atoms with Crippen LogP contribution in [0.25, 0.3) is 21.4 Å². The molecule has 1 saturated heterocycles. The van der Waals surface area contributed by atoms with Gasteiger partial charge in [0.15, 0.2) is 17.3 Å². The van der Waals surface area contributed by atoms with E-state index in [1.807, 2.05) is 23.3 Å². The Morgan fingerprint density at radius 2 is 1.92 bits per heavy atom. The number of thiophene rings is 1. The summed E-state index contributed by atoms with van der Waals surface area (Å²) in [4.78, 5) is 53.6. The number of ether oxygens (including phenoxy) is 1. The second-order valence-corrected chi connectivity index (χ2v) is 13.2. The summed E-state index contributed by atoms with van der Waals surface area (Å²) >= 11 is 1.41. The second kappa shape index (κ2) is 13.4. The molecule has 2 amide bonds. The van der Waals surface area contributed by atoms with Crippen molar-refractivity contribution in [3.05, 3.63) is 80.6 Å². The number of pyridine rings is 1. The highest BCUT2D eigenvalue weighted by Crippen LogP contribution is 2.33. The normalized spacial score (nSPS) is 15.4. The average Bonchev–Trinajstić information content (AvgIpc) is 3.79. The van der Waals surface area contributed by atoms with E-state index in [-0.39, 0.29) is 61.2 Å². The first kappa shape index (κ1) is 34.2. The largest absolute Gasteiger partial charge is 0.505 e. The van der Waals surface area contributed by atoms with Gasteiger partial charge in [0.25, 0.3) is 11.5 Å². The molecule has 4 aromatic heterocycles. The van der Waals surface area contributed by atoms with Crippen LogP contribution in [0.5, 0.6) is 5.75 Å². The van der Waals surface area contributed by atoms with Crippen molar-refractivity contribution in [2.75, 3.05) is 49.6 Å². The predicted molar refractivity (Wildman–Crippen MR) is 184 cm³/mol. The number of halogens is 3. The lowest BCUT2D eigenvalue weighted by Crippen LogP contribution is -2.51. The zero-order chi connectivity index (χ0) is 36.0.